The molecule has 1 aromatic carbocycles. The Balaban J connectivity index is 2.52. The highest BCUT2D eigenvalue weighted by molar-refractivity contribution is 5.80. The molecule has 5 heteroatoms. The van der Waals surface area contributed by atoms with Crippen molar-refractivity contribution in [2.45, 2.75) is 39.7 Å². The fraction of sp³-hybridized carbons (Fsp3) is 0.529. The molecule has 0 saturated heterocycles. The first-order valence-electron chi connectivity index (χ1n) is 7.80. The van der Waals surface area contributed by atoms with Crippen molar-refractivity contribution in [2.75, 3.05) is 20.2 Å². The number of benzene rings is 1. The quantitative estimate of drug-likeness (QED) is 0.335. The normalized spacial score (nSPS) is 11.1. The molecule has 5 nitrogen and oxygen atoms in total. The number of ether oxygens (including phenoxy) is 1. The molecule has 0 aliphatic rings. The summed E-state index contributed by atoms with van der Waals surface area (Å²) in [6.07, 6.45) is 2.54. The van der Waals surface area contributed by atoms with E-state index in [1.807, 2.05) is 0 Å². The summed E-state index contributed by atoms with van der Waals surface area (Å²) in [6, 6.07) is 8.33. The Morgan fingerprint density at radius 3 is 2.50 bits per heavy atom. The summed E-state index contributed by atoms with van der Waals surface area (Å²) in [4.78, 5) is 15.7. The zero-order chi connectivity index (χ0) is 16.2. The first-order chi connectivity index (χ1) is 10.7. The Morgan fingerprint density at radius 2 is 1.86 bits per heavy atom. The number of guanidine groups is 1. The summed E-state index contributed by atoms with van der Waals surface area (Å²) in [7, 11) is 1.40. The predicted octanol–water partition coefficient (Wildman–Crippen LogP) is 2.39. The summed E-state index contributed by atoms with van der Waals surface area (Å²) in [5.74, 6) is 0.511. The van der Waals surface area contributed by atoms with Gasteiger partial charge in [-0.1, -0.05) is 43.2 Å². The van der Waals surface area contributed by atoms with E-state index in [2.05, 4.69) is 58.5 Å². The number of hydrogen-bond acceptors (Lipinski definition) is 3. The molecule has 0 atom stereocenters. The van der Waals surface area contributed by atoms with Gasteiger partial charge >= 0.3 is 5.97 Å². The van der Waals surface area contributed by atoms with Crippen LogP contribution in [0.1, 0.15) is 37.3 Å². The first kappa shape index (κ1) is 18.0. The third-order valence-corrected chi connectivity index (χ3v) is 3.21. The number of unbranched alkanes of at least 4 members (excludes halogenated alkanes) is 1. The van der Waals surface area contributed by atoms with Crippen LogP contribution < -0.4 is 10.6 Å². The lowest BCUT2D eigenvalue weighted by molar-refractivity contribution is -0.140. The zero-order valence-electron chi connectivity index (χ0n) is 13.8. The number of rotatable bonds is 8. The number of nitrogens with zero attached hydrogens (tertiary/aromatic N) is 1. The van der Waals surface area contributed by atoms with Crippen LogP contribution in [0.4, 0.5) is 0 Å². The summed E-state index contributed by atoms with van der Waals surface area (Å²) < 4.78 is 4.63. The van der Waals surface area contributed by atoms with Crippen molar-refractivity contribution in [3.8, 4) is 0 Å². The monoisotopic (exact) mass is 305 g/mol. The number of aryl methyl sites for hydroxylation is 1. The van der Waals surface area contributed by atoms with Crippen LogP contribution in [0.5, 0.6) is 0 Å². The topological polar surface area (TPSA) is 62.7 Å². The van der Waals surface area contributed by atoms with E-state index in [9.17, 15) is 4.79 Å². The zero-order valence-corrected chi connectivity index (χ0v) is 13.8. The minimum Gasteiger partial charge on any atom is -0.469 e. The van der Waals surface area contributed by atoms with Crippen molar-refractivity contribution in [1.29, 1.82) is 0 Å². The van der Waals surface area contributed by atoms with Gasteiger partial charge in [0, 0.05) is 13.1 Å². The summed E-state index contributed by atoms with van der Waals surface area (Å²) in [5, 5.41) is 6.44. The molecule has 0 aromatic heterocycles. The molecule has 2 N–H and O–H groups in total. The lowest BCUT2D eigenvalue weighted by Crippen LogP contribution is -2.39. The molecular formula is C17H27N3O2. The molecule has 1 rings (SSSR count). The lowest BCUT2D eigenvalue weighted by atomic mass is 10.1. The number of aliphatic imine (C=N–C) groups is 1. The van der Waals surface area contributed by atoms with Gasteiger partial charge in [-0.2, -0.15) is 0 Å². The van der Waals surface area contributed by atoms with Crippen molar-refractivity contribution in [3.63, 3.8) is 0 Å². The smallest absolute Gasteiger partial charge is 0.307 e. The fourth-order valence-electron chi connectivity index (χ4n) is 1.81. The second-order valence-electron chi connectivity index (χ2n) is 5.18. The highest BCUT2D eigenvalue weighted by atomic mass is 16.5. The Kier molecular flexibility index (Phi) is 8.72. The van der Waals surface area contributed by atoms with E-state index < -0.39 is 0 Å². The molecular weight excluding hydrogens is 278 g/mol. The maximum Gasteiger partial charge on any atom is 0.307 e. The van der Waals surface area contributed by atoms with Gasteiger partial charge in [-0.05, 0) is 18.9 Å². The van der Waals surface area contributed by atoms with E-state index in [0.29, 0.717) is 19.5 Å². The number of esters is 1. The number of hydrogen-bond donors (Lipinski definition) is 2. The van der Waals surface area contributed by atoms with Gasteiger partial charge in [0.1, 0.15) is 0 Å². The van der Waals surface area contributed by atoms with Gasteiger partial charge in [0.05, 0.1) is 20.1 Å². The number of methoxy groups -OCH3 is 1. The van der Waals surface area contributed by atoms with Gasteiger partial charge in [-0.3, -0.25) is 4.79 Å². The average molecular weight is 305 g/mol. The van der Waals surface area contributed by atoms with Crippen LogP contribution in [-0.4, -0.2) is 32.1 Å². The Labute approximate surface area is 133 Å². The Bertz CT molecular complexity index is 469. The second kappa shape index (κ2) is 10.7. The molecule has 0 fully saturated rings. The van der Waals surface area contributed by atoms with Crippen molar-refractivity contribution < 1.29 is 9.53 Å². The van der Waals surface area contributed by atoms with Crippen molar-refractivity contribution in [1.82, 2.24) is 10.6 Å². The maximum atomic E-state index is 11.1. The van der Waals surface area contributed by atoms with E-state index >= 15 is 0 Å². The fourth-order valence-corrected chi connectivity index (χ4v) is 1.81. The third-order valence-electron chi connectivity index (χ3n) is 3.21. The van der Waals surface area contributed by atoms with E-state index in [4.69, 9.17) is 0 Å². The van der Waals surface area contributed by atoms with Crippen LogP contribution in [0.2, 0.25) is 0 Å². The predicted molar refractivity (Wildman–Crippen MR) is 89.9 cm³/mol. The van der Waals surface area contributed by atoms with E-state index in [-0.39, 0.29) is 5.97 Å². The highest BCUT2D eigenvalue weighted by Gasteiger charge is 2.02. The van der Waals surface area contributed by atoms with Crippen molar-refractivity contribution in [3.05, 3.63) is 35.4 Å². The lowest BCUT2D eigenvalue weighted by Gasteiger charge is -2.12. The van der Waals surface area contributed by atoms with Crippen LogP contribution in [0.25, 0.3) is 0 Å². The molecule has 0 spiro atoms. The van der Waals surface area contributed by atoms with Crippen LogP contribution in [-0.2, 0) is 16.1 Å². The van der Waals surface area contributed by atoms with E-state index in [0.717, 1.165) is 30.9 Å². The molecule has 22 heavy (non-hydrogen) atoms. The molecule has 0 radical (unpaired) electrons. The van der Waals surface area contributed by atoms with Gasteiger partial charge in [-0.15, -0.1) is 0 Å². The largest absolute Gasteiger partial charge is 0.469 e. The maximum absolute atomic E-state index is 11.1. The molecule has 0 bridgehead atoms. The molecule has 0 aliphatic carbocycles. The number of carbonyl (C=O) groups is 1. The van der Waals surface area contributed by atoms with Crippen LogP contribution in [0, 0.1) is 6.92 Å². The average Bonchev–Trinajstić information content (AvgIpc) is 2.53. The molecule has 1 aromatic rings. The number of carbonyl (C=O) groups excluding carboxylic acids is 1. The van der Waals surface area contributed by atoms with E-state index in [1.54, 1.807) is 0 Å². The van der Waals surface area contributed by atoms with Gasteiger partial charge in [0.2, 0.25) is 0 Å². The molecule has 0 aliphatic heterocycles. The van der Waals surface area contributed by atoms with Crippen LogP contribution in [0.15, 0.2) is 29.3 Å². The second-order valence-corrected chi connectivity index (χ2v) is 5.18. The number of nitrogens with one attached hydrogen (secondary N) is 2. The van der Waals surface area contributed by atoms with Crippen LogP contribution in [0.3, 0.4) is 0 Å². The van der Waals surface area contributed by atoms with Crippen molar-refractivity contribution in [2.24, 2.45) is 4.99 Å². The Morgan fingerprint density at radius 1 is 1.18 bits per heavy atom. The highest BCUT2D eigenvalue weighted by Crippen LogP contribution is 2.04. The minimum absolute atomic E-state index is 0.223. The standard InChI is InChI=1S/C17H27N3O2/c1-4-5-11-18-17(19-12-10-16(21)22-3)20-13-15-8-6-14(2)7-9-15/h6-9H,4-5,10-13H2,1-3H3,(H2,18,19,20). The summed E-state index contributed by atoms with van der Waals surface area (Å²) in [6.45, 7) is 6.21. The molecule has 0 unspecified atom stereocenters. The van der Waals surface area contributed by atoms with E-state index in [1.165, 1.54) is 12.7 Å². The van der Waals surface area contributed by atoms with Gasteiger partial charge in [-0.25, -0.2) is 4.99 Å². The third kappa shape index (κ3) is 7.67. The van der Waals surface area contributed by atoms with Crippen LogP contribution >= 0.6 is 0 Å². The van der Waals surface area contributed by atoms with Crippen molar-refractivity contribution >= 4 is 11.9 Å². The molecule has 122 valence electrons. The molecule has 0 amide bonds. The minimum atomic E-state index is -0.223. The summed E-state index contributed by atoms with van der Waals surface area (Å²) >= 11 is 0. The van der Waals surface area contributed by atoms with Gasteiger partial charge < -0.3 is 15.4 Å². The van der Waals surface area contributed by atoms with Gasteiger partial charge in [0.25, 0.3) is 0 Å². The Hall–Kier alpha value is -2.04. The summed E-state index contributed by atoms with van der Waals surface area (Å²) in [5.41, 5.74) is 2.40. The molecule has 0 heterocycles. The first-order valence-corrected chi connectivity index (χ1v) is 7.80. The SMILES string of the molecule is CCCCNC(=NCc1ccc(C)cc1)NCCC(=O)OC. The van der Waals surface area contributed by atoms with Gasteiger partial charge in [0.15, 0.2) is 5.96 Å². The molecule has 0 saturated carbocycles.